The van der Waals surface area contributed by atoms with E-state index in [0.717, 1.165) is 16.6 Å². The fourth-order valence-corrected chi connectivity index (χ4v) is 3.88. The molecular weight excluding hydrogens is 407 g/mol. The van der Waals surface area contributed by atoms with Gasteiger partial charge in [0.2, 0.25) is 5.95 Å². The maximum Gasteiger partial charge on any atom is 0.421 e. The van der Waals surface area contributed by atoms with Crippen LogP contribution >= 0.6 is 11.3 Å². The number of carbonyl (C=O) groups excluding carboxylic acids is 1. The highest BCUT2D eigenvalue weighted by atomic mass is 32.1. The van der Waals surface area contributed by atoms with Crippen LogP contribution in [0.25, 0.3) is 0 Å². The zero-order valence-corrected chi connectivity index (χ0v) is 17.3. The quantitative estimate of drug-likeness (QED) is 0.740. The van der Waals surface area contributed by atoms with Crippen LogP contribution < -0.4 is 10.6 Å². The maximum atomic E-state index is 13.0. The lowest BCUT2D eigenvalue weighted by Gasteiger charge is -2.29. The molecule has 2 aromatic heterocycles. The monoisotopic (exact) mass is 429 g/mol. The summed E-state index contributed by atoms with van der Waals surface area (Å²) in [4.78, 5) is 22.7. The second-order valence-corrected chi connectivity index (χ2v) is 8.68. The molecule has 3 heterocycles. The van der Waals surface area contributed by atoms with Crippen LogP contribution in [0, 0.1) is 0 Å². The molecule has 0 aromatic carbocycles. The van der Waals surface area contributed by atoms with Gasteiger partial charge in [-0.2, -0.15) is 18.2 Å². The number of fused-ring (bicyclic) bond motifs is 1. The van der Waals surface area contributed by atoms with Crippen molar-refractivity contribution in [1.29, 1.82) is 0 Å². The maximum absolute atomic E-state index is 13.0. The fraction of sp³-hybridized carbons (Fsp3) is 0.500. The smallest absolute Gasteiger partial charge is 0.421 e. The van der Waals surface area contributed by atoms with Crippen LogP contribution in [0.4, 0.5) is 34.7 Å². The second kappa shape index (κ2) is 7.69. The fourth-order valence-electron chi connectivity index (χ4n) is 2.83. The number of nitrogens with zero attached hydrogens (tertiary/aromatic N) is 3. The first-order valence-corrected chi connectivity index (χ1v) is 9.76. The van der Waals surface area contributed by atoms with Gasteiger partial charge in [-0.25, -0.2) is 9.78 Å². The predicted molar refractivity (Wildman–Crippen MR) is 105 cm³/mol. The number of nitrogens with one attached hydrogen (secondary N) is 2. The van der Waals surface area contributed by atoms with Crippen molar-refractivity contribution in [1.82, 2.24) is 14.9 Å². The van der Waals surface area contributed by atoms with Gasteiger partial charge in [-0.1, -0.05) is 0 Å². The number of thiophene rings is 1. The minimum atomic E-state index is -4.54. The van der Waals surface area contributed by atoms with E-state index in [1.807, 2.05) is 26.8 Å². The van der Waals surface area contributed by atoms with Gasteiger partial charge in [0, 0.05) is 24.7 Å². The summed E-state index contributed by atoms with van der Waals surface area (Å²) in [5.74, 6) is -0.239. The van der Waals surface area contributed by atoms with Gasteiger partial charge in [0.05, 0.1) is 11.5 Å². The molecule has 0 aliphatic carbocycles. The number of carbonyl (C=O) groups is 1. The third-order valence-corrected chi connectivity index (χ3v) is 5.24. The summed E-state index contributed by atoms with van der Waals surface area (Å²) in [6.45, 7) is 6.41. The van der Waals surface area contributed by atoms with Crippen molar-refractivity contribution in [2.45, 2.75) is 45.5 Å². The average Bonchev–Trinajstić information content (AvgIpc) is 3.00. The molecule has 11 heteroatoms. The van der Waals surface area contributed by atoms with E-state index in [0.29, 0.717) is 24.5 Å². The van der Waals surface area contributed by atoms with Gasteiger partial charge < -0.3 is 20.3 Å². The second-order valence-electron chi connectivity index (χ2n) is 7.54. The summed E-state index contributed by atoms with van der Waals surface area (Å²) in [7, 11) is 1.37. The highest BCUT2D eigenvalue weighted by molar-refractivity contribution is 7.16. The SMILES string of the molecule is CNc1nc(Nc2cc3c(s2)CCN(C(=O)OC(C)(C)C)C3)ncc1C(F)(F)F. The molecular formula is C18H22F3N5O2S. The Balaban J connectivity index is 1.73. The molecule has 7 nitrogen and oxygen atoms in total. The molecule has 158 valence electrons. The molecule has 0 atom stereocenters. The Morgan fingerprint density at radius 3 is 2.66 bits per heavy atom. The van der Waals surface area contributed by atoms with Crippen LogP contribution in [-0.4, -0.2) is 40.2 Å². The Morgan fingerprint density at radius 1 is 1.31 bits per heavy atom. The van der Waals surface area contributed by atoms with Crippen LogP contribution in [0.15, 0.2) is 12.3 Å². The number of aromatic nitrogens is 2. The van der Waals surface area contributed by atoms with Crippen molar-refractivity contribution >= 4 is 34.2 Å². The van der Waals surface area contributed by atoms with E-state index in [2.05, 4.69) is 20.6 Å². The van der Waals surface area contributed by atoms with E-state index >= 15 is 0 Å². The van der Waals surface area contributed by atoms with Crippen LogP contribution in [-0.2, 0) is 23.9 Å². The van der Waals surface area contributed by atoms with Gasteiger partial charge in [-0.3, -0.25) is 0 Å². The normalized spacial score (nSPS) is 14.4. The van der Waals surface area contributed by atoms with E-state index < -0.39 is 17.3 Å². The van der Waals surface area contributed by atoms with Crippen molar-refractivity contribution in [3.05, 3.63) is 28.3 Å². The topological polar surface area (TPSA) is 79.4 Å². The molecule has 1 aliphatic heterocycles. The molecule has 1 amide bonds. The lowest BCUT2D eigenvalue weighted by atomic mass is 10.1. The van der Waals surface area contributed by atoms with E-state index in [1.54, 1.807) is 4.90 Å². The molecule has 0 fully saturated rings. The van der Waals surface area contributed by atoms with Crippen molar-refractivity contribution in [2.75, 3.05) is 24.2 Å². The lowest BCUT2D eigenvalue weighted by Crippen LogP contribution is -2.39. The van der Waals surface area contributed by atoms with Gasteiger partial charge >= 0.3 is 12.3 Å². The number of hydrogen-bond acceptors (Lipinski definition) is 7. The van der Waals surface area contributed by atoms with Crippen LogP contribution in [0.3, 0.4) is 0 Å². The molecule has 0 saturated heterocycles. The molecule has 0 unspecified atom stereocenters. The summed E-state index contributed by atoms with van der Waals surface area (Å²) >= 11 is 1.47. The molecule has 29 heavy (non-hydrogen) atoms. The highest BCUT2D eigenvalue weighted by Crippen LogP contribution is 2.36. The Hall–Kier alpha value is -2.56. The van der Waals surface area contributed by atoms with Gasteiger partial charge in [0.15, 0.2) is 0 Å². The zero-order chi connectivity index (χ0) is 21.4. The number of anilines is 3. The van der Waals surface area contributed by atoms with Crippen molar-refractivity contribution in [2.24, 2.45) is 0 Å². The molecule has 1 aliphatic rings. The summed E-state index contributed by atoms with van der Waals surface area (Å²) in [5, 5.41) is 6.10. The first-order chi connectivity index (χ1) is 13.5. The molecule has 0 spiro atoms. The highest BCUT2D eigenvalue weighted by Gasteiger charge is 2.35. The summed E-state index contributed by atoms with van der Waals surface area (Å²) in [6.07, 6.45) is -3.48. The Kier molecular flexibility index (Phi) is 5.61. The van der Waals surface area contributed by atoms with Gasteiger partial charge in [0.25, 0.3) is 0 Å². The number of halogens is 3. The molecule has 0 radical (unpaired) electrons. The van der Waals surface area contributed by atoms with Crippen molar-refractivity contribution in [3.63, 3.8) is 0 Å². The van der Waals surface area contributed by atoms with E-state index in [4.69, 9.17) is 4.74 Å². The van der Waals surface area contributed by atoms with E-state index in [9.17, 15) is 18.0 Å². The number of hydrogen-bond donors (Lipinski definition) is 2. The number of rotatable bonds is 3. The average molecular weight is 429 g/mol. The van der Waals surface area contributed by atoms with Crippen molar-refractivity contribution in [3.8, 4) is 0 Å². The summed E-state index contributed by atoms with van der Waals surface area (Å²) in [6, 6.07) is 1.86. The summed E-state index contributed by atoms with van der Waals surface area (Å²) < 4.78 is 44.3. The van der Waals surface area contributed by atoms with Gasteiger partial charge in [-0.15, -0.1) is 11.3 Å². The Bertz CT molecular complexity index is 908. The number of ether oxygens (including phenoxy) is 1. The van der Waals surface area contributed by atoms with Crippen LogP contribution in [0.2, 0.25) is 0 Å². The molecule has 0 saturated carbocycles. The van der Waals surface area contributed by atoms with Gasteiger partial charge in [-0.05, 0) is 38.8 Å². The Labute approximate surface area is 170 Å². The van der Waals surface area contributed by atoms with Crippen LogP contribution in [0.1, 0.15) is 36.8 Å². The number of alkyl halides is 3. The van der Waals surface area contributed by atoms with Crippen LogP contribution in [0.5, 0.6) is 0 Å². The van der Waals surface area contributed by atoms with Crippen molar-refractivity contribution < 1.29 is 22.7 Å². The number of amides is 1. The standard InChI is InChI=1S/C18H22F3N5O2S/c1-17(2,3)28-16(27)26-6-5-12-10(9-26)7-13(29-12)24-15-23-8-11(18(19,20)21)14(22-4)25-15/h7-8H,5-6,9H2,1-4H3,(H2,22,23,24,25). The third-order valence-electron chi connectivity index (χ3n) is 4.08. The van der Waals surface area contributed by atoms with E-state index in [1.165, 1.54) is 18.4 Å². The zero-order valence-electron chi connectivity index (χ0n) is 16.5. The minimum absolute atomic E-state index is 0.0601. The Morgan fingerprint density at radius 2 is 2.03 bits per heavy atom. The predicted octanol–water partition coefficient (Wildman–Crippen LogP) is 4.64. The third kappa shape index (κ3) is 5.08. The molecule has 2 aromatic rings. The molecule has 3 rings (SSSR count). The summed E-state index contributed by atoms with van der Waals surface area (Å²) in [5.41, 5.74) is -0.525. The lowest BCUT2D eigenvalue weighted by molar-refractivity contribution is -0.137. The van der Waals surface area contributed by atoms with Gasteiger partial charge in [0.1, 0.15) is 17.0 Å². The van der Waals surface area contributed by atoms with E-state index in [-0.39, 0.29) is 17.9 Å². The molecule has 0 bridgehead atoms. The minimum Gasteiger partial charge on any atom is -0.444 e. The first kappa shape index (κ1) is 21.2. The first-order valence-electron chi connectivity index (χ1n) is 8.95. The molecule has 2 N–H and O–H groups in total. The largest absolute Gasteiger partial charge is 0.444 e.